The van der Waals surface area contributed by atoms with Crippen LogP contribution < -0.4 is 0 Å². The first kappa shape index (κ1) is 11.4. The Labute approximate surface area is 85.6 Å². The van der Waals surface area contributed by atoms with Gasteiger partial charge in [-0.25, -0.2) is 17.6 Å². The second-order valence-electron chi connectivity index (χ2n) is 2.62. The van der Waals surface area contributed by atoms with Crippen LogP contribution in [0.2, 0.25) is 0 Å². The molecule has 0 saturated carbocycles. The molecule has 0 aliphatic heterocycles. The maximum atomic E-state index is 13.0. The number of carboxylic acids is 1. The van der Waals surface area contributed by atoms with Crippen LogP contribution in [0, 0.1) is 5.82 Å². The molecule has 0 amide bonds. The Morgan fingerprint density at radius 1 is 1.33 bits per heavy atom. The van der Waals surface area contributed by atoms with E-state index in [0.29, 0.717) is 11.5 Å². The lowest BCUT2D eigenvalue weighted by Crippen LogP contribution is -2.00. The minimum absolute atomic E-state index is 0.446. The number of carbonyl (C=O) groups is 1. The largest absolute Gasteiger partial charge is 0.478 e. The fourth-order valence-corrected chi connectivity index (χ4v) is 1.95. The van der Waals surface area contributed by atoms with Gasteiger partial charge < -0.3 is 5.11 Å². The molecule has 4 nitrogen and oxygen atoms in total. The van der Waals surface area contributed by atoms with Crippen LogP contribution in [0.15, 0.2) is 40.6 Å². The number of halogens is 1. The van der Waals surface area contributed by atoms with Crippen molar-refractivity contribution in [3.8, 4) is 0 Å². The van der Waals surface area contributed by atoms with Gasteiger partial charge in [-0.05, 0) is 12.1 Å². The highest BCUT2D eigenvalue weighted by Gasteiger charge is 2.15. The van der Waals surface area contributed by atoms with Crippen LogP contribution in [0.5, 0.6) is 0 Å². The van der Waals surface area contributed by atoms with Crippen molar-refractivity contribution in [3.05, 3.63) is 41.6 Å². The highest BCUT2D eigenvalue weighted by molar-refractivity contribution is 7.94. The van der Waals surface area contributed by atoms with Crippen LogP contribution in [0.1, 0.15) is 0 Å². The van der Waals surface area contributed by atoms with Gasteiger partial charge in [0.1, 0.15) is 10.7 Å². The third-order valence-electron chi connectivity index (χ3n) is 1.53. The van der Waals surface area contributed by atoms with Gasteiger partial charge >= 0.3 is 5.97 Å². The number of carboxylic acid groups (broad SMARTS) is 1. The summed E-state index contributed by atoms with van der Waals surface area (Å²) in [7, 11) is -4.02. The van der Waals surface area contributed by atoms with Crippen LogP contribution in [0.3, 0.4) is 0 Å². The Morgan fingerprint density at radius 3 is 2.47 bits per heavy atom. The molecule has 0 bridgehead atoms. The summed E-state index contributed by atoms with van der Waals surface area (Å²) in [6, 6.07) is 4.75. The first-order valence-electron chi connectivity index (χ1n) is 3.84. The smallest absolute Gasteiger partial charge is 0.329 e. The van der Waals surface area contributed by atoms with E-state index in [2.05, 4.69) is 0 Å². The standard InChI is InChI=1S/C9H7FO4S/c10-7-3-1-2-4-8(7)15(13,14)6-5-9(11)12/h1-6H,(H,11,12)/b6-5+. The van der Waals surface area contributed by atoms with Crippen molar-refractivity contribution in [2.24, 2.45) is 0 Å². The minimum Gasteiger partial charge on any atom is -0.478 e. The summed E-state index contributed by atoms with van der Waals surface area (Å²) >= 11 is 0. The highest BCUT2D eigenvalue weighted by Crippen LogP contribution is 2.15. The number of hydrogen-bond acceptors (Lipinski definition) is 3. The van der Waals surface area contributed by atoms with Crippen molar-refractivity contribution in [1.29, 1.82) is 0 Å². The Kier molecular flexibility index (Phi) is 3.21. The van der Waals surface area contributed by atoms with E-state index in [1.807, 2.05) is 0 Å². The van der Waals surface area contributed by atoms with Gasteiger partial charge in [0.15, 0.2) is 0 Å². The second-order valence-corrected chi connectivity index (χ2v) is 4.42. The Balaban J connectivity index is 3.19. The highest BCUT2D eigenvalue weighted by atomic mass is 32.2. The SMILES string of the molecule is O=C(O)/C=C/S(=O)(=O)c1ccccc1F. The minimum atomic E-state index is -4.02. The molecular weight excluding hydrogens is 223 g/mol. The molecule has 6 heteroatoms. The number of hydrogen-bond donors (Lipinski definition) is 1. The average Bonchev–Trinajstić information content (AvgIpc) is 2.15. The molecule has 0 radical (unpaired) electrons. The van der Waals surface area contributed by atoms with Gasteiger partial charge in [-0.3, -0.25) is 0 Å². The fraction of sp³-hybridized carbons (Fsp3) is 0. The summed E-state index contributed by atoms with van der Waals surface area (Å²) < 4.78 is 35.8. The zero-order chi connectivity index (χ0) is 11.5. The van der Waals surface area contributed by atoms with Crippen molar-refractivity contribution in [3.63, 3.8) is 0 Å². The zero-order valence-corrected chi connectivity index (χ0v) is 8.24. The lowest BCUT2D eigenvalue weighted by atomic mass is 10.3. The van der Waals surface area contributed by atoms with E-state index in [4.69, 9.17) is 5.11 Å². The van der Waals surface area contributed by atoms with E-state index in [1.165, 1.54) is 12.1 Å². The fourth-order valence-electron chi connectivity index (χ4n) is 0.897. The lowest BCUT2D eigenvalue weighted by Gasteiger charge is -1.99. The topological polar surface area (TPSA) is 71.4 Å². The van der Waals surface area contributed by atoms with Gasteiger partial charge in [0.05, 0.1) is 0 Å². The van der Waals surface area contributed by atoms with E-state index < -0.39 is 26.5 Å². The van der Waals surface area contributed by atoms with Crippen LogP contribution in [0.25, 0.3) is 0 Å². The molecule has 0 heterocycles. The molecule has 80 valence electrons. The van der Waals surface area contributed by atoms with Crippen LogP contribution in [0.4, 0.5) is 4.39 Å². The molecule has 0 aliphatic carbocycles. The quantitative estimate of drug-likeness (QED) is 0.792. The normalized spacial score (nSPS) is 11.8. The summed E-state index contributed by atoms with van der Waals surface area (Å²) in [4.78, 5) is 9.58. The van der Waals surface area contributed by atoms with Gasteiger partial charge in [0.2, 0.25) is 9.84 Å². The lowest BCUT2D eigenvalue weighted by molar-refractivity contribution is -0.131. The molecule has 0 aliphatic rings. The third-order valence-corrected chi connectivity index (χ3v) is 2.97. The molecule has 15 heavy (non-hydrogen) atoms. The molecule has 0 spiro atoms. The predicted octanol–water partition coefficient (Wildman–Crippen LogP) is 1.20. The van der Waals surface area contributed by atoms with E-state index in [1.54, 1.807) is 0 Å². The third kappa shape index (κ3) is 2.88. The second kappa shape index (κ2) is 4.22. The molecule has 0 fully saturated rings. The Bertz CT molecular complexity index is 505. The summed E-state index contributed by atoms with van der Waals surface area (Å²) in [5.74, 6) is -2.32. The Hall–Kier alpha value is -1.69. The molecule has 0 saturated heterocycles. The first-order chi connectivity index (χ1) is 6.93. The van der Waals surface area contributed by atoms with Gasteiger partial charge in [-0.15, -0.1) is 0 Å². The average molecular weight is 230 g/mol. The molecule has 1 N–H and O–H groups in total. The number of benzene rings is 1. The van der Waals surface area contributed by atoms with Gasteiger partial charge in [-0.1, -0.05) is 12.1 Å². The Morgan fingerprint density at radius 2 is 1.93 bits per heavy atom. The van der Waals surface area contributed by atoms with Crippen molar-refractivity contribution in [2.75, 3.05) is 0 Å². The zero-order valence-electron chi connectivity index (χ0n) is 7.42. The molecular formula is C9H7FO4S. The summed E-state index contributed by atoms with van der Waals surface area (Å²) in [6.07, 6.45) is 0.446. The summed E-state index contributed by atoms with van der Waals surface area (Å²) in [6.45, 7) is 0. The van der Waals surface area contributed by atoms with Crippen LogP contribution >= 0.6 is 0 Å². The molecule has 0 unspecified atom stereocenters. The predicted molar refractivity (Wildman–Crippen MR) is 50.4 cm³/mol. The van der Waals surface area contributed by atoms with Crippen molar-refractivity contribution in [2.45, 2.75) is 4.90 Å². The van der Waals surface area contributed by atoms with E-state index in [-0.39, 0.29) is 0 Å². The summed E-state index contributed by atoms with van der Waals surface area (Å²) in [5.41, 5.74) is 0. The molecule has 1 rings (SSSR count). The van der Waals surface area contributed by atoms with Crippen molar-refractivity contribution >= 4 is 15.8 Å². The van der Waals surface area contributed by atoms with Gasteiger partial charge in [0.25, 0.3) is 0 Å². The maximum Gasteiger partial charge on any atom is 0.329 e. The van der Waals surface area contributed by atoms with Crippen molar-refractivity contribution < 1.29 is 22.7 Å². The van der Waals surface area contributed by atoms with Gasteiger partial charge in [0, 0.05) is 11.5 Å². The van der Waals surface area contributed by atoms with E-state index in [9.17, 15) is 17.6 Å². The number of sulfone groups is 1. The molecule has 0 atom stereocenters. The van der Waals surface area contributed by atoms with E-state index >= 15 is 0 Å². The number of aliphatic carboxylic acids is 1. The first-order valence-corrected chi connectivity index (χ1v) is 5.39. The van der Waals surface area contributed by atoms with Crippen LogP contribution in [-0.2, 0) is 14.6 Å². The van der Waals surface area contributed by atoms with Crippen LogP contribution in [-0.4, -0.2) is 19.5 Å². The molecule has 0 aromatic heterocycles. The van der Waals surface area contributed by atoms with Crippen molar-refractivity contribution in [1.82, 2.24) is 0 Å². The number of rotatable bonds is 3. The maximum absolute atomic E-state index is 13.0. The monoisotopic (exact) mass is 230 g/mol. The molecule has 1 aromatic carbocycles. The molecule has 1 aromatic rings. The van der Waals surface area contributed by atoms with Gasteiger partial charge in [-0.2, -0.15) is 0 Å². The summed E-state index contributed by atoms with van der Waals surface area (Å²) in [5, 5.41) is 8.70. The van der Waals surface area contributed by atoms with E-state index in [0.717, 1.165) is 12.1 Å².